The Bertz CT molecular complexity index is 2030. The molecular formula is C30H16N2S4. The van der Waals surface area contributed by atoms with E-state index in [1.807, 2.05) is 69.9 Å². The number of pyridine rings is 2. The Morgan fingerprint density at radius 1 is 0.472 bits per heavy atom. The van der Waals surface area contributed by atoms with Gasteiger partial charge >= 0.3 is 0 Å². The van der Waals surface area contributed by atoms with Gasteiger partial charge in [0.25, 0.3) is 0 Å². The molecule has 0 aliphatic carbocycles. The Morgan fingerprint density at radius 3 is 1.75 bits per heavy atom. The van der Waals surface area contributed by atoms with Crippen LogP contribution in [-0.4, -0.2) is 9.97 Å². The lowest BCUT2D eigenvalue weighted by molar-refractivity contribution is 1.34. The molecule has 0 spiro atoms. The van der Waals surface area contributed by atoms with E-state index in [4.69, 9.17) is 0 Å². The average molecular weight is 533 g/mol. The van der Waals surface area contributed by atoms with Crippen LogP contribution in [0.5, 0.6) is 0 Å². The fourth-order valence-electron chi connectivity index (χ4n) is 4.81. The number of fused-ring (bicyclic) bond motifs is 8. The second kappa shape index (κ2) is 8.05. The average Bonchev–Trinajstić information content (AvgIpc) is 3.71. The van der Waals surface area contributed by atoms with Crippen LogP contribution in [0.4, 0.5) is 0 Å². The zero-order chi connectivity index (χ0) is 23.6. The maximum atomic E-state index is 4.66. The van der Waals surface area contributed by atoms with Crippen LogP contribution in [0.25, 0.3) is 71.2 Å². The summed E-state index contributed by atoms with van der Waals surface area (Å²) in [5, 5.41) is 4.06. The summed E-state index contributed by atoms with van der Waals surface area (Å²) >= 11 is 7.54. The molecule has 2 nitrogen and oxygen atoms in total. The highest BCUT2D eigenvalue weighted by Crippen LogP contribution is 2.53. The summed E-state index contributed by atoms with van der Waals surface area (Å²) in [7, 11) is 0. The first-order chi connectivity index (χ1) is 17.8. The van der Waals surface area contributed by atoms with Gasteiger partial charge < -0.3 is 0 Å². The molecule has 0 N–H and O–H groups in total. The summed E-state index contributed by atoms with van der Waals surface area (Å²) in [5.41, 5.74) is 3.35. The standard InChI is InChI=1S/C30H16N2S4/c1-2-8-17(9-3-1)22-16-25-30(33-22)26-18-14-23(20-10-4-6-12-31-20)34-28(18)29-19(27(26)36-25)15-24(35-29)21-11-5-7-13-32-21/h1-16H. The molecule has 6 aromatic heterocycles. The Morgan fingerprint density at radius 2 is 1.08 bits per heavy atom. The van der Waals surface area contributed by atoms with Gasteiger partial charge in [-0.05, 0) is 48.0 Å². The van der Waals surface area contributed by atoms with E-state index in [-0.39, 0.29) is 0 Å². The van der Waals surface area contributed by atoms with E-state index in [1.165, 1.54) is 59.9 Å². The predicted octanol–water partition coefficient (Wildman–Crippen LogP) is 10.3. The van der Waals surface area contributed by atoms with Gasteiger partial charge in [0.1, 0.15) is 0 Å². The maximum absolute atomic E-state index is 4.66. The van der Waals surface area contributed by atoms with Crippen LogP contribution in [0.3, 0.4) is 0 Å². The molecule has 0 saturated heterocycles. The summed E-state index contributed by atoms with van der Waals surface area (Å²) in [4.78, 5) is 13.1. The largest absolute Gasteiger partial charge is 0.255 e. The van der Waals surface area contributed by atoms with Crippen LogP contribution in [0.15, 0.2) is 97.3 Å². The Labute approximate surface area is 222 Å². The molecule has 36 heavy (non-hydrogen) atoms. The van der Waals surface area contributed by atoms with Gasteiger partial charge in [0, 0.05) is 42.8 Å². The minimum absolute atomic E-state index is 1.03. The number of thiophene rings is 4. The van der Waals surface area contributed by atoms with E-state index >= 15 is 0 Å². The summed E-state index contributed by atoms with van der Waals surface area (Å²) in [6.07, 6.45) is 3.75. The van der Waals surface area contributed by atoms with Crippen molar-refractivity contribution in [2.75, 3.05) is 0 Å². The summed E-state index contributed by atoms with van der Waals surface area (Å²) in [5.74, 6) is 0. The van der Waals surface area contributed by atoms with Gasteiger partial charge in [0.15, 0.2) is 0 Å². The lowest BCUT2D eigenvalue weighted by atomic mass is 10.1. The van der Waals surface area contributed by atoms with E-state index in [0.29, 0.717) is 0 Å². The van der Waals surface area contributed by atoms with Gasteiger partial charge in [-0.15, -0.1) is 45.3 Å². The molecule has 8 rings (SSSR count). The first kappa shape index (κ1) is 20.7. The zero-order valence-corrected chi connectivity index (χ0v) is 22.0. The molecule has 0 radical (unpaired) electrons. The van der Waals surface area contributed by atoms with Gasteiger partial charge in [-0.1, -0.05) is 42.5 Å². The van der Waals surface area contributed by atoms with Gasteiger partial charge in [0.2, 0.25) is 0 Å². The minimum Gasteiger partial charge on any atom is -0.255 e. The molecule has 6 heterocycles. The van der Waals surface area contributed by atoms with E-state index in [9.17, 15) is 0 Å². The van der Waals surface area contributed by atoms with Crippen molar-refractivity contribution in [1.29, 1.82) is 0 Å². The van der Waals surface area contributed by atoms with E-state index in [0.717, 1.165) is 11.4 Å². The van der Waals surface area contributed by atoms with Crippen molar-refractivity contribution in [2.45, 2.75) is 0 Å². The number of aromatic nitrogens is 2. The molecule has 0 aliphatic rings. The lowest BCUT2D eigenvalue weighted by Crippen LogP contribution is -1.75. The fourth-order valence-corrected chi connectivity index (χ4v) is 10.0. The molecular weight excluding hydrogens is 517 g/mol. The molecule has 6 heteroatoms. The molecule has 170 valence electrons. The number of benzene rings is 2. The second-order valence-corrected chi connectivity index (χ2v) is 12.8. The van der Waals surface area contributed by atoms with Gasteiger partial charge in [-0.25, -0.2) is 0 Å². The first-order valence-corrected chi connectivity index (χ1v) is 14.8. The van der Waals surface area contributed by atoms with Crippen molar-refractivity contribution in [1.82, 2.24) is 9.97 Å². The van der Waals surface area contributed by atoms with Crippen molar-refractivity contribution in [3.8, 4) is 31.6 Å². The van der Waals surface area contributed by atoms with Crippen molar-refractivity contribution in [3.05, 3.63) is 97.3 Å². The Hall–Kier alpha value is -3.42. The molecule has 8 aromatic rings. The molecule has 0 unspecified atom stereocenters. The fraction of sp³-hybridized carbons (Fsp3) is 0. The number of hydrogen-bond donors (Lipinski definition) is 0. The number of hydrogen-bond acceptors (Lipinski definition) is 6. The number of nitrogens with zero attached hydrogens (tertiary/aromatic N) is 2. The Kier molecular flexibility index (Phi) is 4.64. The molecule has 0 fully saturated rings. The topological polar surface area (TPSA) is 25.8 Å². The van der Waals surface area contributed by atoms with Gasteiger partial charge in [-0.2, -0.15) is 0 Å². The lowest BCUT2D eigenvalue weighted by Gasteiger charge is -1.98. The van der Waals surface area contributed by atoms with Crippen LogP contribution in [0.2, 0.25) is 0 Å². The normalized spacial score (nSPS) is 11.9. The molecule has 2 aromatic carbocycles. The molecule has 0 saturated carbocycles. The highest BCUT2D eigenvalue weighted by molar-refractivity contribution is 7.36. The molecule has 0 amide bonds. The highest BCUT2D eigenvalue weighted by Gasteiger charge is 2.21. The first-order valence-electron chi connectivity index (χ1n) is 11.6. The van der Waals surface area contributed by atoms with E-state index in [2.05, 4.69) is 82.8 Å². The third kappa shape index (κ3) is 3.12. The second-order valence-electron chi connectivity index (χ2n) is 8.61. The number of rotatable bonds is 3. The SMILES string of the molecule is c1ccc(-c2cc3sc4c5cc(-c6ccccn6)sc5c5sc(-c6ccccn6)cc5c4c3s2)cc1. The van der Waals surface area contributed by atoms with Crippen LogP contribution < -0.4 is 0 Å². The van der Waals surface area contributed by atoms with Crippen LogP contribution in [0, 0.1) is 0 Å². The highest BCUT2D eigenvalue weighted by atomic mass is 32.1. The van der Waals surface area contributed by atoms with Crippen molar-refractivity contribution < 1.29 is 0 Å². The van der Waals surface area contributed by atoms with Crippen LogP contribution >= 0.6 is 45.3 Å². The van der Waals surface area contributed by atoms with Crippen molar-refractivity contribution in [2.24, 2.45) is 0 Å². The van der Waals surface area contributed by atoms with Gasteiger partial charge in [-0.3, -0.25) is 9.97 Å². The summed E-state index contributed by atoms with van der Waals surface area (Å²) in [6, 6.07) is 30.1. The summed E-state index contributed by atoms with van der Waals surface area (Å²) < 4.78 is 6.82. The molecule has 0 aliphatic heterocycles. The minimum atomic E-state index is 1.03. The monoisotopic (exact) mass is 532 g/mol. The third-order valence-corrected chi connectivity index (χ3v) is 11.4. The smallest absolute Gasteiger partial charge is 0.0802 e. The Balaban J connectivity index is 1.48. The zero-order valence-electron chi connectivity index (χ0n) is 18.8. The van der Waals surface area contributed by atoms with Crippen LogP contribution in [-0.2, 0) is 0 Å². The quantitative estimate of drug-likeness (QED) is 0.226. The van der Waals surface area contributed by atoms with E-state index in [1.54, 1.807) is 0 Å². The third-order valence-electron chi connectivity index (χ3n) is 6.44. The maximum Gasteiger partial charge on any atom is 0.0802 e. The summed E-state index contributed by atoms with van der Waals surface area (Å²) in [6.45, 7) is 0. The molecule has 0 bridgehead atoms. The van der Waals surface area contributed by atoms with Crippen molar-refractivity contribution in [3.63, 3.8) is 0 Å². The molecule has 0 atom stereocenters. The predicted molar refractivity (Wildman–Crippen MR) is 160 cm³/mol. The van der Waals surface area contributed by atoms with Gasteiger partial charge in [0.05, 0.1) is 35.2 Å². The van der Waals surface area contributed by atoms with Crippen LogP contribution in [0.1, 0.15) is 0 Å². The van der Waals surface area contributed by atoms with E-state index < -0.39 is 0 Å². The van der Waals surface area contributed by atoms with Crippen molar-refractivity contribution >= 4 is 85.0 Å².